The molecule has 0 spiro atoms. The van der Waals surface area contributed by atoms with Crippen molar-refractivity contribution in [1.29, 1.82) is 0 Å². The van der Waals surface area contributed by atoms with Crippen molar-refractivity contribution in [3.8, 4) is 11.4 Å². The number of aryl methyl sites for hydroxylation is 1. The van der Waals surface area contributed by atoms with Crippen molar-refractivity contribution >= 4 is 23.7 Å². The predicted octanol–water partition coefficient (Wildman–Crippen LogP) is 6.33. The number of allylic oxidation sites excluding steroid dienone is 3. The minimum absolute atomic E-state index is 0.0972. The second-order valence-electron chi connectivity index (χ2n) is 8.71. The van der Waals surface area contributed by atoms with Crippen molar-refractivity contribution in [2.45, 2.75) is 60.7 Å². The second-order valence-corrected chi connectivity index (χ2v) is 9.28. The van der Waals surface area contributed by atoms with E-state index in [1.54, 1.807) is 52.9 Å². The zero-order valence-corrected chi connectivity index (χ0v) is 23.7. The van der Waals surface area contributed by atoms with Gasteiger partial charge in [0.15, 0.2) is 11.6 Å². The molecule has 0 unspecified atom stereocenters. The van der Waals surface area contributed by atoms with Crippen LogP contribution >= 0.6 is 11.6 Å². The molecule has 3 heterocycles. The molecule has 3 aromatic heterocycles. The van der Waals surface area contributed by atoms with E-state index in [1.807, 2.05) is 13.8 Å². The van der Waals surface area contributed by atoms with Gasteiger partial charge in [-0.15, -0.1) is 0 Å². The van der Waals surface area contributed by atoms with Crippen LogP contribution in [0.4, 0.5) is 14.5 Å². The molecular weight excluding hydrogens is 528 g/mol. The molecule has 3 rings (SSSR count). The normalized spacial score (nSPS) is 12.2. The summed E-state index contributed by atoms with van der Waals surface area (Å²) in [6.07, 6.45) is 6.16. The van der Waals surface area contributed by atoms with Gasteiger partial charge in [0.2, 0.25) is 6.41 Å². The lowest BCUT2D eigenvalue weighted by atomic mass is 10.1. The van der Waals surface area contributed by atoms with Gasteiger partial charge in [0, 0.05) is 30.2 Å². The number of nitrogens with zero attached hydrogens (tertiary/aromatic N) is 5. The first kappa shape index (κ1) is 31.5. The Labute approximate surface area is 232 Å². The summed E-state index contributed by atoms with van der Waals surface area (Å²) in [6, 6.07) is 4.05. The first-order valence-corrected chi connectivity index (χ1v) is 12.5. The van der Waals surface area contributed by atoms with Crippen LogP contribution in [-0.2, 0) is 21.7 Å². The molecule has 3 aromatic rings. The maximum atomic E-state index is 14.0. The molecule has 8 nitrogen and oxygen atoms in total. The molecule has 208 valence electrons. The van der Waals surface area contributed by atoms with Gasteiger partial charge in [0.25, 0.3) is 0 Å². The number of pyridine rings is 2. The average molecular weight is 560 g/mol. The number of amides is 1. The Kier molecular flexibility index (Phi) is 11.2. The van der Waals surface area contributed by atoms with E-state index in [2.05, 4.69) is 19.9 Å². The van der Waals surface area contributed by atoms with Gasteiger partial charge in [-0.1, -0.05) is 25.4 Å². The number of carbonyl (C=O) groups excluding carboxylic acids is 1. The van der Waals surface area contributed by atoms with Crippen LogP contribution in [0.5, 0.6) is 0 Å². The Bertz CT molecular complexity index is 1370. The zero-order valence-electron chi connectivity index (χ0n) is 23.0. The monoisotopic (exact) mass is 559 g/mol. The van der Waals surface area contributed by atoms with Crippen molar-refractivity contribution in [2.24, 2.45) is 0 Å². The molecule has 1 N–H and O–H groups in total. The molecule has 1 amide bonds. The van der Waals surface area contributed by atoms with E-state index in [1.165, 1.54) is 17.2 Å². The van der Waals surface area contributed by atoms with Gasteiger partial charge >= 0.3 is 0 Å². The Morgan fingerprint density at radius 3 is 2.41 bits per heavy atom. The molecule has 39 heavy (non-hydrogen) atoms. The molecule has 0 radical (unpaired) electrons. The predicted molar refractivity (Wildman–Crippen MR) is 146 cm³/mol. The fourth-order valence-corrected chi connectivity index (χ4v) is 3.34. The molecule has 0 aliphatic rings. The first-order chi connectivity index (χ1) is 18.4. The summed E-state index contributed by atoms with van der Waals surface area (Å²) in [7, 11) is 0. The van der Waals surface area contributed by atoms with E-state index < -0.39 is 17.2 Å². The van der Waals surface area contributed by atoms with Gasteiger partial charge in [-0.05, 0) is 52.3 Å². The SMILES string of the molecule is C/C(=C/C(OCc1ncc(F)cc1F)=C(\C)Cl)N(C=O)c1cc(-c2ccnc(C(C)(C)O)n2)ncc1C.CC. The number of halogens is 3. The zero-order chi connectivity index (χ0) is 29.3. The third kappa shape index (κ3) is 8.36. The average Bonchev–Trinajstić information content (AvgIpc) is 2.89. The van der Waals surface area contributed by atoms with Gasteiger partial charge in [-0.25, -0.2) is 18.7 Å². The van der Waals surface area contributed by atoms with Gasteiger partial charge in [-0.3, -0.25) is 19.7 Å². The van der Waals surface area contributed by atoms with Crippen LogP contribution in [0.2, 0.25) is 0 Å². The van der Waals surface area contributed by atoms with Crippen LogP contribution in [0.25, 0.3) is 11.4 Å². The summed E-state index contributed by atoms with van der Waals surface area (Å²) < 4.78 is 32.7. The molecule has 0 aliphatic carbocycles. The first-order valence-electron chi connectivity index (χ1n) is 12.2. The number of carbonyl (C=O) groups is 1. The number of aromatic nitrogens is 4. The number of ether oxygens (including phenoxy) is 1. The molecule has 0 saturated heterocycles. The van der Waals surface area contributed by atoms with E-state index in [0.717, 1.165) is 6.20 Å². The summed E-state index contributed by atoms with van der Waals surface area (Å²) in [5, 5.41) is 10.5. The van der Waals surface area contributed by atoms with Crippen molar-refractivity contribution < 1.29 is 23.4 Å². The molecular formula is C28H32ClF2N5O3. The highest BCUT2D eigenvalue weighted by Gasteiger charge is 2.21. The highest BCUT2D eigenvalue weighted by molar-refractivity contribution is 6.29. The van der Waals surface area contributed by atoms with Gasteiger partial charge < -0.3 is 9.84 Å². The summed E-state index contributed by atoms with van der Waals surface area (Å²) in [5.41, 5.74) is 1.26. The van der Waals surface area contributed by atoms with E-state index >= 15 is 0 Å². The quantitative estimate of drug-likeness (QED) is 0.186. The summed E-state index contributed by atoms with van der Waals surface area (Å²) in [4.78, 5) is 30.2. The third-order valence-electron chi connectivity index (χ3n) is 5.21. The van der Waals surface area contributed by atoms with Crippen LogP contribution in [0.15, 0.2) is 59.4 Å². The Hall–Kier alpha value is -3.76. The lowest BCUT2D eigenvalue weighted by Crippen LogP contribution is -2.21. The van der Waals surface area contributed by atoms with Gasteiger partial charge in [0.05, 0.1) is 28.3 Å². The van der Waals surface area contributed by atoms with Crippen LogP contribution in [0, 0.1) is 18.6 Å². The summed E-state index contributed by atoms with van der Waals surface area (Å²) in [6.45, 7) is 11.9. The molecule has 0 fully saturated rings. The smallest absolute Gasteiger partial charge is 0.218 e. The van der Waals surface area contributed by atoms with E-state index in [4.69, 9.17) is 16.3 Å². The van der Waals surface area contributed by atoms with Crippen molar-refractivity contribution in [3.63, 3.8) is 0 Å². The molecule has 11 heteroatoms. The number of hydrogen-bond donors (Lipinski definition) is 1. The number of aliphatic hydroxyl groups is 1. The van der Waals surface area contributed by atoms with Gasteiger partial charge in [-0.2, -0.15) is 0 Å². The third-order valence-corrected chi connectivity index (χ3v) is 5.40. The van der Waals surface area contributed by atoms with Crippen LogP contribution < -0.4 is 4.90 Å². The van der Waals surface area contributed by atoms with Crippen molar-refractivity contribution in [2.75, 3.05) is 4.90 Å². The Morgan fingerprint density at radius 2 is 1.82 bits per heavy atom. The van der Waals surface area contributed by atoms with Crippen LogP contribution in [-0.4, -0.2) is 31.5 Å². The molecule has 0 aliphatic heterocycles. The van der Waals surface area contributed by atoms with Crippen LogP contribution in [0.3, 0.4) is 0 Å². The highest BCUT2D eigenvalue weighted by Crippen LogP contribution is 2.28. The van der Waals surface area contributed by atoms with E-state index in [0.29, 0.717) is 40.8 Å². The number of hydrogen-bond acceptors (Lipinski definition) is 7. The maximum Gasteiger partial charge on any atom is 0.218 e. The largest absolute Gasteiger partial charge is 0.486 e. The Morgan fingerprint density at radius 1 is 1.13 bits per heavy atom. The molecule has 0 atom stereocenters. The van der Waals surface area contributed by atoms with E-state index in [-0.39, 0.29) is 28.9 Å². The lowest BCUT2D eigenvalue weighted by molar-refractivity contribution is -0.107. The fraction of sp³-hybridized carbons (Fsp3) is 0.321. The Balaban J connectivity index is 0.00000260. The molecule has 0 aromatic carbocycles. The van der Waals surface area contributed by atoms with Crippen LogP contribution in [0.1, 0.15) is 58.6 Å². The summed E-state index contributed by atoms with van der Waals surface area (Å²) in [5.74, 6) is -1.24. The molecule has 0 saturated carbocycles. The topological polar surface area (TPSA) is 101 Å². The second kappa shape index (κ2) is 13.9. The molecule has 0 bridgehead atoms. The lowest BCUT2D eigenvalue weighted by Gasteiger charge is -2.22. The number of rotatable bonds is 9. The minimum atomic E-state index is -1.24. The number of anilines is 1. The summed E-state index contributed by atoms with van der Waals surface area (Å²) >= 11 is 6.19. The van der Waals surface area contributed by atoms with Gasteiger partial charge in [0.1, 0.15) is 29.5 Å². The highest BCUT2D eigenvalue weighted by atomic mass is 35.5. The maximum absolute atomic E-state index is 14.0. The fourth-order valence-electron chi connectivity index (χ4n) is 3.23. The van der Waals surface area contributed by atoms with Crippen molar-refractivity contribution in [1.82, 2.24) is 19.9 Å². The van der Waals surface area contributed by atoms with E-state index in [9.17, 15) is 18.7 Å². The standard InChI is InChI=1S/C26H26ClF2N5O3.C2H6/c1-15-11-31-21(20-6-7-30-25(33-20)26(4,5)36)10-23(15)34(14-35)16(2)8-24(17(3)27)37-13-22-19(29)9-18(28)12-32-22;1-2/h6-12,14,36H,13H2,1-5H3;1-2H3/b16-8-,24-17-;. The van der Waals surface area contributed by atoms with Crippen molar-refractivity contribution in [3.05, 3.63) is 88.1 Å². The minimum Gasteiger partial charge on any atom is -0.486 e.